The van der Waals surface area contributed by atoms with Gasteiger partial charge in [0.15, 0.2) is 0 Å². The number of pyridine rings is 1. The lowest BCUT2D eigenvalue weighted by Crippen LogP contribution is -2.31. The van der Waals surface area contributed by atoms with Crippen molar-refractivity contribution in [2.24, 2.45) is 7.05 Å². The third-order valence-electron chi connectivity index (χ3n) is 5.95. The maximum Gasteiger partial charge on any atom is 0.316 e. The molecule has 0 saturated heterocycles. The molecule has 9 nitrogen and oxygen atoms in total. The zero-order valence-electron chi connectivity index (χ0n) is 19.0. The zero-order chi connectivity index (χ0) is 24.1. The second-order valence-electron chi connectivity index (χ2n) is 8.11. The van der Waals surface area contributed by atoms with Crippen LogP contribution in [0.3, 0.4) is 0 Å². The van der Waals surface area contributed by atoms with Crippen LogP contribution in [0.5, 0.6) is 6.01 Å². The normalized spacial score (nSPS) is 15.0. The number of carbonyl (C=O) groups excluding carboxylic acids is 1. The van der Waals surface area contributed by atoms with E-state index in [1.165, 1.54) is 11.7 Å². The van der Waals surface area contributed by atoms with E-state index in [-0.39, 0.29) is 17.5 Å². The Balaban J connectivity index is 1.70. The Morgan fingerprint density at radius 3 is 2.32 bits per heavy atom. The number of halogens is 1. The quantitative estimate of drug-likeness (QED) is 0.448. The number of aromatic nitrogens is 5. The fourth-order valence-corrected chi connectivity index (χ4v) is 4.45. The minimum Gasteiger partial charge on any atom is -0.467 e. The molecule has 0 N–H and O–H groups in total. The third-order valence-corrected chi connectivity index (χ3v) is 6.20. The summed E-state index contributed by atoms with van der Waals surface area (Å²) in [4.78, 5) is 36.1. The highest BCUT2D eigenvalue weighted by Crippen LogP contribution is 2.42. The molecule has 10 heteroatoms. The Labute approximate surface area is 200 Å². The lowest BCUT2D eigenvalue weighted by atomic mass is 10.0. The van der Waals surface area contributed by atoms with Crippen LogP contribution in [0.1, 0.15) is 38.9 Å². The predicted molar refractivity (Wildman–Crippen MR) is 127 cm³/mol. The fraction of sp³-hybridized carbons (Fsp3) is 0.208. The summed E-state index contributed by atoms with van der Waals surface area (Å²) in [5.74, 6) is -0.203. The molecule has 0 spiro atoms. The van der Waals surface area contributed by atoms with Gasteiger partial charge in [0.05, 0.1) is 36.4 Å². The van der Waals surface area contributed by atoms with Gasteiger partial charge in [-0.2, -0.15) is 5.10 Å². The summed E-state index contributed by atoms with van der Waals surface area (Å²) in [6.07, 6.45) is 4.86. The van der Waals surface area contributed by atoms with Crippen LogP contribution in [0.4, 0.5) is 5.69 Å². The maximum absolute atomic E-state index is 13.8. The molecule has 0 bridgehead atoms. The number of hydrogen-bond donors (Lipinski definition) is 0. The Morgan fingerprint density at radius 1 is 1.03 bits per heavy atom. The minimum absolute atomic E-state index is 0.114. The fourth-order valence-electron chi connectivity index (χ4n) is 4.32. The standard InChI is InChI=1S/C24H21ClN6O3/c1-13-9-17(12-29(3)22(13)32)30-21(15-5-7-16(25)8-6-15)20-19(23(30)33)14(2)31(28-20)18-10-26-24(34-4)27-11-18/h5-12,21H,1-4H3. The van der Waals surface area contributed by atoms with E-state index >= 15 is 0 Å². The monoisotopic (exact) mass is 476 g/mol. The summed E-state index contributed by atoms with van der Waals surface area (Å²) in [6, 6.07) is 8.79. The summed E-state index contributed by atoms with van der Waals surface area (Å²) in [7, 11) is 3.17. The number of amides is 1. The Bertz CT molecular complexity index is 1450. The van der Waals surface area contributed by atoms with Crippen molar-refractivity contribution in [3.05, 3.63) is 92.4 Å². The predicted octanol–water partition coefficient (Wildman–Crippen LogP) is 3.39. The minimum atomic E-state index is -0.504. The van der Waals surface area contributed by atoms with Crippen molar-refractivity contribution in [2.45, 2.75) is 19.9 Å². The number of hydrogen-bond acceptors (Lipinski definition) is 6. The van der Waals surface area contributed by atoms with Crippen LogP contribution in [0.25, 0.3) is 5.69 Å². The molecule has 4 aromatic rings. The first-order chi connectivity index (χ1) is 16.3. The van der Waals surface area contributed by atoms with Crippen LogP contribution >= 0.6 is 11.6 Å². The van der Waals surface area contributed by atoms with Crippen molar-refractivity contribution in [1.82, 2.24) is 24.3 Å². The molecule has 0 saturated carbocycles. The zero-order valence-corrected chi connectivity index (χ0v) is 19.7. The van der Waals surface area contributed by atoms with Gasteiger partial charge in [0.25, 0.3) is 11.5 Å². The second-order valence-corrected chi connectivity index (χ2v) is 8.55. The van der Waals surface area contributed by atoms with Gasteiger partial charge in [-0.15, -0.1) is 0 Å². The van der Waals surface area contributed by atoms with E-state index < -0.39 is 6.04 Å². The van der Waals surface area contributed by atoms with E-state index in [2.05, 4.69) is 9.97 Å². The topological polar surface area (TPSA) is 95.1 Å². The largest absolute Gasteiger partial charge is 0.467 e. The first kappa shape index (κ1) is 21.8. The molecule has 0 radical (unpaired) electrons. The van der Waals surface area contributed by atoms with Gasteiger partial charge in [-0.3, -0.25) is 14.5 Å². The highest BCUT2D eigenvalue weighted by Gasteiger charge is 2.43. The number of carbonyl (C=O) groups is 1. The number of anilines is 1. The number of methoxy groups -OCH3 is 1. The van der Waals surface area contributed by atoms with Crippen molar-refractivity contribution in [3.8, 4) is 11.7 Å². The number of rotatable bonds is 4. The van der Waals surface area contributed by atoms with Crippen molar-refractivity contribution in [2.75, 3.05) is 12.0 Å². The first-order valence-electron chi connectivity index (χ1n) is 10.5. The molecule has 1 aliphatic rings. The van der Waals surface area contributed by atoms with Crippen LogP contribution in [0.2, 0.25) is 5.02 Å². The van der Waals surface area contributed by atoms with E-state index in [1.807, 2.05) is 19.1 Å². The average Bonchev–Trinajstić information content (AvgIpc) is 3.32. The molecular weight excluding hydrogens is 456 g/mol. The van der Waals surface area contributed by atoms with Gasteiger partial charge in [-0.05, 0) is 37.6 Å². The summed E-state index contributed by atoms with van der Waals surface area (Å²) < 4.78 is 8.18. The van der Waals surface area contributed by atoms with Gasteiger partial charge in [-0.25, -0.2) is 14.6 Å². The number of nitrogens with zero attached hydrogens (tertiary/aromatic N) is 6. The molecule has 0 fully saturated rings. The molecule has 34 heavy (non-hydrogen) atoms. The number of ether oxygens (including phenoxy) is 1. The number of benzene rings is 1. The Kier molecular flexibility index (Phi) is 5.21. The van der Waals surface area contributed by atoms with Gasteiger partial charge in [0, 0.05) is 23.8 Å². The van der Waals surface area contributed by atoms with Crippen LogP contribution in [0, 0.1) is 13.8 Å². The summed E-state index contributed by atoms with van der Waals surface area (Å²) >= 11 is 6.13. The Hall–Kier alpha value is -3.98. The molecule has 1 amide bonds. The SMILES string of the molecule is COc1ncc(-n2nc3c(c2C)C(=O)N(c2cc(C)c(=O)n(C)c2)C3c2ccc(Cl)cc2)cn1. The molecule has 1 aromatic carbocycles. The van der Waals surface area contributed by atoms with E-state index in [4.69, 9.17) is 21.4 Å². The van der Waals surface area contributed by atoms with E-state index in [9.17, 15) is 9.59 Å². The lowest BCUT2D eigenvalue weighted by molar-refractivity contribution is 0.0992. The average molecular weight is 477 g/mol. The van der Waals surface area contributed by atoms with E-state index in [0.717, 1.165) is 5.56 Å². The third kappa shape index (κ3) is 3.36. The van der Waals surface area contributed by atoms with Gasteiger partial charge in [0.1, 0.15) is 17.4 Å². The molecular formula is C24H21ClN6O3. The van der Waals surface area contributed by atoms with Crippen LogP contribution < -0.4 is 15.2 Å². The summed E-state index contributed by atoms with van der Waals surface area (Å²) in [5.41, 5.74) is 4.27. The van der Waals surface area contributed by atoms with Crippen molar-refractivity contribution < 1.29 is 9.53 Å². The van der Waals surface area contributed by atoms with Gasteiger partial charge in [-0.1, -0.05) is 23.7 Å². The lowest BCUT2D eigenvalue weighted by Gasteiger charge is -2.26. The van der Waals surface area contributed by atoms with Crippen molar-refractivity contribution in [3.63, 3.8) is 0 Å². The van der Waals surface area contributed by atoms with Crippen LogP contribution in [0.15, 0.2) is 53.7 Å². The van der Waals surface area contributed by atoms with Crippen LogP contribution in [-0.2, 0) is 7.05 Å². The molecule has 1 aliphatic heterocycles. The summed E-state index contributed by atoms with van der Waals surface area (Å²) in [6.45, 7) is 3.57. The van der Waals surface area contributed by atoms with Gasteiger partial charge >= 0.3 is 6.01 Å². The smallest absolute Gasteiger partial charge is 0.316 e. The molecule has 4 heterocycles. The molecule has 172 valence electrons. The highest BCUT2D eigenvalue weighted by atomic mass is 35.5. The van der Waals surface area contributed by atoms with E-state index in [1.54, 1.807) is 60.3 Å². The van der Waals surface area contributed by atoms with Crippen LogP contribution in [-0.4, -0.2) is 37.3 Å². The summed E-state index contributed by atoms with van der Waals surface area (Å²) in [5, 5.41) is 5.41. The highest BCUT2D eigenvalue weighted by molar-refractivity contribution is 6.30. The molecule has 0 aliphatic carbocycles. The second kappa shape index (κ2) is 8.11. The number of aryl methyl sites for hydroxylation is 2. The molecule has 1 unspecified atom stereocenters. The molecule has 3 aromatic heterocycles. The molecule has 5 rings (SSSR count). The van der Waals surface area contributed by atoms with Gasteiger partial charge in [0.2, 0.25) is 0 Å². The number of fused-ring (bicyclic) bond motifs is 1. The Morgan fingerprint density at radius 2 is 1.71 bits per heavy atom. The molecule has 1 atom stereocenters. The van der Waals surface area contributed by atoms with Gasteiger partial charge < -0.3 is 9.30 Å². The van der Waals surface area contributed by atoms with Crippen molar-refractivity contribution >= 4 is 23.2 Å². The van der Waals surface area contributed by atoms with E-state index in [0.29, 0.717) is 38.9 Å². The first-order valence-corrected chi connectivity index (χ1v) is 10.9. The maximum atomic E-state index is 13.8. The van der Waals surface area contributed by atoms with Crippen molar-refractivity contribution in [1.29, 1.82) is 0 Å².